The first-order valence-electron chi connectivity index (χ1n) is 9.13. The molecule has 0 amide bonds. The number of rotatable bonds is 3. The molecule has 0 fully saturated rings. The summed E-state index contributed by atoms with van der Waals surface area (Å²) in [6, 6.07) is 3.75. The van der Waals surface area contributed by atoms with Crippen LogP contribution >= 0.6 is 11.3 Å². The predicted octanol–water partition coefficient (Wildman–Crippen LogP) is 3.25. The van der Waals surface area contributed by atoms with E-state index in [0.29, 0.717) is 18.8 Å². The van der Waals surface area contributed by atoms with E-state index in [4.69, 9.17) is 9.47 Å². The van der Waals surface area contributed by atoms with Crippen LogP contribution in [0.2, 0.25) is 0 Å². The molecule has 3 heterocycles. The third kappa shape index (κ3) is 2.49. The Bertz CT molecular complexity index is 1030. The number of benzene rings is 1. The lowest BCUT2D eigenvalue weighted by molar-refractivity contribution is 0.169. The molecule has 1 aromatic carbocycles. The molecule has 0 radical (unpaired) electrons. The van der Waals surface area contributed by atoms with Crippen LogP contribution in [-0.2, 0) is 19.4 Å². The van der Waals surface area contributed by atoms with Crippen molar-refractivity contribution in [2.24, 2.45) is 0 Å². The minimum absolute atomic E-state index is 0.466. The summed E-state index contributed by atoms with van der Waals surface area (Å²) in [5, 5.41) is 12.1. The fourth-order valence-corrected chi connectivity index (χ4v) is 5.61. The zero-order valence-electron chi connectivity index (χ0n) is 15.4. The lowest BCUT2D eigenvalue weighted by atomic mass is 9.95. The summed E-state index contributed by atoms with van der Waals surface area (Å²) in [5.41, 5.74) is 3.16. The van der Waals surface area contributed by atoms with Gasteiger partial charge in [-0.25, -0.2) is 9.97 Å². The molecule has 1 aliphatic carbocycles. The van der Waals surface area contributed by atoms with E-state index in [1.165, 1.54) is 16.9 Å². The summed E-state index contributed by atoms with van der Waals surface area (Å²) < 4.78 is 11.1. The summed E-state index contributed by atoms with van der Waals surface area (Å²) in [4.78, 5) is 13.7. The van der Waals surface area contributed by atoms with Crippen molar-refractivity contribution in [3.8, 4) is 11.5 Å². The van der Waals surface area contributed by atoms with Crippen molar-refractivity contribution in [2.75, 3.05) is 25.7 Å². The molecule has 140 valence electrons. The Morgan fingerprint density at radius 3 is 2.74 bits per heavy atom. The van der Waals surface area contributed by atoms with E-state index in [1.54, 1.807) is 31.9 Å². The van der Waals surface area contributed by atoms with Gasteiger partial charge in [-0.15, -0.1) is 11.3 Å². The standard InChI is InChI=1S/C20H21N3O3S/c1-25-14-6-7-15(26-2)17-12(14)8-23(9-13(17)24)19-18-11-4-3-5-16(11)27-20(18)22-10-21-19/h6-7,10,13,24H,3-5,8-9H2,1-2H3/t13-/m1/s1. The molecular weight excluding hydrogens is 362 g/mol. The molecule has 5 rings (SSSR count). The number of ether oxygens (including phenoxy) is 2. The van der Waals surface area contributed by atoms with Crippen LogP contribution in [0.15, 0.2) is 18.5 Å². The summed E-state index contributed by atoms with van der Waals surface area (Å²) in [6.45, 7) is 1.08. The van der Waals surface area contributed by atoms with E-state index >= 15 is 0 Å². The van der Waals surface area contributed by atoms with Crippen LogP contribution in [0.4, 0.5) is 5.82 Å². The van der Waals surface area contributed by atoms with Gasteiger partial charge in [-0.1, -0.05) is 0 Å². The maximum absolute atomic E-state index is 10.9. The van der Waals surface area contributed by atoms with E-state index < -0.39 is 6.10 Å². The molecule has 1 aliphatic heterocycles. The van der Waals surface area contributed by atoms with Gasteiger partial charge >= 0.3 is 0 Å². The molecule has 2 aliphatic rings. The minimum atomic E-state index is -0.671. The van der Waals surface area contributed by atoms with E-state index in [0.717, 1.165) is 45.8 Å². The fourth-order valence-electron chi connectivity index (χ4n) is 4.39. The minimum Gasteiger partial charge on any atom is -0.496 e. The quantitative estimate of drug-likeness (QED) is 0.749. The number of aliphatic hydroxyl groups is 1. The molecule has 1 N–H and O–H groups in total. The second kappa shape index (κ2) is 6.35. The molecule has 3 aromatic rings. The topological polar surface area (TPSA) is 67.7 Å². The number of fused-ring (bicyclic) bond motifs is 4. The summed E-state index contributed by atoms with van der Waals surface area (Å²) in [5.74, 6) is 2.37. The maximum atomic E-state index is 10.9. The number of hydrogen-bond donors (Lipinski definition) is 1. The molecule has 7 heteroatoms. The molecule has 0 unspecified atom stereocenters. The first-order valence-corrected chi connectivity index (χ1v) is 9.95. The molecule has 0 saturated heterocycles. The van der Waals surface area contributed by atoms with Gasteiger partial charge in [0.25, 0.3) is 0 Å². The van der Waals surface area contributed by atoms with Gasteiger partial charge in [0, 0.05) is 22.5 Å². The normalized spacial score (nSPS) is 18.5. The Hall–Kier alpha value is -2.38. The van der Waals surface area contributed by atoms with Gasteiger partial charge in [-0.3, -0.25) is 0 Å². The van der Waals surface area contributed by atoms with E-state index in [2.05, 4.69) is 14.9 Å². The monoisotopic (exact) mass is 383 g/mol. The highest BCUT2D eigenvalue weighted by atomic mass is 32.1. The number of aromatic nitrogens is 2. The average Bonchev–Trinajstić information content (AvgIpc) is 3.27. The number of aliphatic hydroxyl groups excluding tert-OH is 1. The van der Waals surface area contributed by atoms with Crippen LogP contribution in [0.25, 0.3) is 10.2 Å². The van der Waals surface area contributed by atoms with Gasteiger partial charge < -0.3 is 19.5 Å². The number of hydrogen-bond acceptors (Lipinski definition) is 7. The molecule has 0 bridgehead atoms. The molecule has 0 saturated carbocycles. The van der Waals surface area contributed by atoms with Crippen LogP contribution in [0.3, 0.4) is 0 Å². The van der Waals surface area contributed by atoms with Crippen molar-refractivity contribution in [1.29, 1.82) is 0 Å². The van der Waals surface area contributed by atoms with E-state index in [1.807, 2.05) is 12.1 Å². The van der Waals surface area contributed by atoms with Gasteiger partial charge in [0.2, 0.25) is 0 Å². The lowest BCUT2D eigenvalue weighted by Gasteiger charge is -2.35. The van der Waals surface area contributed by atoms with Crippen LogP contribution in [0.1, 0.15) is 34.1 Å². The number of methoxy groups -OCH3 is 2. The van der Waals surface area contributed by atoms with Crippen molar-refractivity contribution in [3.05, 3.63) is 40.0 Å². The molecule has 27 heavy (non-hydrogen) atoms. The third-order valence-corrected chi connectivity index (χ3v) is 6.77. The second-order valence-corrected chi connectivity index (χ2v) is 8.08. The number of nitrogens with zero attached hydrogens (tertiary/aromatic N) is 3. The Morgan fingerprint density at radius 2 is 1.93 bits per heavy atom. The van der Waals surface area contributed by atoms with Gasteiger partial charge in [0.15, 0.2) is 0 Å². The summed E-state index contributed by atoms with van der Waals surface area (Å²) in [7, 11) is 3.28. The van der Waals surface area contributed by atoms with Gasteiger partial charge in [-0.05, 0) is 37.0 Å². The first kappa shape index (κ1) is 16.8. The summed E-state index contributed by atoms with van der Waals surface area (Å²) >= 11 is 1.78. The highest BCUT2D eigenvalue weighted by Gasteiger charge is 2.32. The van der Waals surface area contributed by atoms with E-state index in [9.17, 15) is 5.11 Å². The SMILES string of the molecule is COc1ccc(OC)c2c1CN(c1ncnc3sc4c(c13)CCC4)C[C@H]2O. The van der Waals surface area contributed by atoms with Gasteiger partial charge in [-0.2, -0.15) is 0 Å². The number of aryl methyl sites for hydroxylation is 2. The third-order valence-electron chi connectivity index (χ3n) is 5.57. The van der Waals surface area contributed by atoms with Crippen molar-refractivity contribution in [1.82, 2.24) is 9.97 Å². The largest absolute Gasteiger partial charge is 0.496 e. The zero-order chi connectivity index (χ0) is 18.5. The van der Waals surface area contributed by atoms with Crippen molar-refractivity contribution >= 4 is 27.4 Å². The average molecular weight is 383 g/mol. The van der Waals surface area contributed by atoms with Crippen LogP contribution in [0, 0.1) is 0 Å². The Balaban J connectivity index is 1.65. The number of thiophene rings is 1. The lowest BCUT2D eigenvalue weighted by Crippen LogP contribution is -2.35. The highest BCUT2D eigenvalue weighted by Crippen LogP contribution is 2.44. The molecular formula is C20H21N3O3S. The number of β-amino-alcohol motifs (C(OH)–C–C–N with tert-alkyl or cyclic N) is 1. The first-order chi connectivity index (χ1) is 13.2. The molecule has 0 spiro atoms. The van der Waals surface area contributed by atoms with Crippen LogP contribution in [0.5, 0.6) is 11.5 Å². The number of anilines is 1. The smallest absolute Gasteiger partial charge is 0.141 e. The predicted molar refractivity (Wildman–Crippen MR) is 105 cm³/mol. The van der Waals surface area contributed by atoms with Crippen molar-refractivity contribution in [3.63, 3.8) is 0 Å². The Kier molecular flexibility index (Phi) is 3.94. The fraction of sp³-hybridized carbons (Fsp3) is 0.400. The Labute approximate surface area is 161 Å². The van der Waals surface area contributed by atoms with Gasteiger partial charge in [0.1, 0.15) is 34.6 Å². The van der Waals surface area contributed by atoms with Crippen molar-refractivity contribution < 1.29 is 14.6 Å². The highest BCUT2D eigenvalue weighted by molar-refractivity contribution is 7.19. The van der Waals surface area contributed by atoms with Crippen molar-refractivity contribution in [2.45, 2.75) is 31.9 Å². The molecule has 2 aromatic heterocycles. The summed E-state index contributed by atoms with van der Waals surface area (Å²) in [6.07, 6.45) is 4.37. The van der Waals surface area contributed by atoms with Crippen LogP contribution in [-0.4, -0.2) is 35.8 Å². The van der Waals surface area contributed by atoms with E-state index in [-0.39, 0.29) is 0 Å². The second-order valence-electron chi connectivity index (χ2n) is 6.99. The maximum Gasteiger partial charge on any atom is 0.141 e. The zero-order valence-corrected chi connectivity index (χ0v) is 16.2. The van der Waals surface area contributed by atoms with Crippen LogP contribution < -0.4 is 14.4 Å². The molecule has 1 atom stereocenters. The molecule has 6 nitrogen and oxygen atoms in total. The Morgan fingerprint density at radius 1 is 1.11 bits per heavy atom. The van der Waals surface area contributed by atoms with Gasteiger partial charge in [0.05, 0.1) is 26.2 Å².